The van der Waals surface area contributed by atoms with E-state index in [1.54, 1.807) is 42.5 Å². The van der Waals surface area contributed by atoms with Gasteiger partial charge in [-0.15, -0.1) is 0 Å². The smallest absolute Gasteiger partial charge is 0.259 e. The highest BCUT2D eigenvalue weighted by Gasteiger charge is 2.20. The Balaban J connectivity index is 1.78. The first-order chi connectivity index (χ1) is 14.3. The fourth-order valence-corrected chi connectivity index (χ4v) is 2.90. The fraction of sp³-hybridized carbons (Fsp3) is 0.200. The minimum atomic E-state index is -0.383. The molecule has 2 amide bonds. The third-order valence-electron chi connectivity index (χ3n) is 4.28. The number of rotatable bonds is 6. The van der Waals surface area contributed by atoms with Crippen LogP contribution >= 0.6 is 0 Å². The summed E-state index contributed by atoms with van der Waals surface area (Å²) in [5.41, 5.74) is 1.88. The molecule has 0 aliphatic heterocycles. The molecule has 0 radical (unpaired) electrons. The second kappa shape index (κ2) is 9.27. The Bertz CT molecular complexity index is 1020. The predicted molar refractivity (Wildman–Crippen MR) is 119 cm³/mol. The van der Waals surface area contributed by atoms with Crippen molar-refractivity contribution in [3.05, 3.63) is 95.6 Å². The van der Waals surface area contributed by atoms with E-state index in [1.165, 1.54) is 0 Å². The summed E-state index contributed by atoms with van der Waals surface area (Å²) in [7, 11) is 0. The van der Waals surface area contributed by atoms with Gasteiger partial charge in [0.05, 0.1) is 16.8 Å². The Hall–Kier alpha value is -3.60. The lowest BCUT2D eigenvalue weighted by Gasteiger charge is -2.21. The van der Waals surface area contributed by atoms with Crippen LogP contribution in [0, 0.1) is 0 Å². The first-order valence-electron chi connectivity index (χ1n) is 9.82. The number of para-hydroxylation sites is 2. The molecular formula is C25H26N2O3. The summed E-state index contributed by atoms with van der Waals surface area (Å²) in [6, 6.07) is 23.8. The van der Waals surface area contributed by atoms with Crippen molar-refractivity contribution in [3.8, 4) is 5.75 Å². The molecule has 2 N–H and O–H groups in total. The number of hydrogen-bond acceptors (Lipinski definition) is 3. The van der Waals surface area contributed by atoms with Crippen molar-refractivity contribution >= 4 is 17.5 Å². The van der Waals surface area contributed by atoms with Gasteiger partial charge in [0.25, 0.3) is 11.8 Å². The third-order valence-corrected chi connectivity index (χ3v) is 4.28. The van der Waals surface area contributed by atoms with Crippen LogP contribution in [0.3, 0.4) is 0 Å². The molecule has 3 rings (SSSR count). The molecule has 0 aliphatic carbocycles. The number of hydrogen-bond donors (Lipinski definition) is 2. The predicted octanol–water partition coefficient (Wildman–Crippen LogP) is 5.05. The van der Waals surface area contributed by atoms with Crippen LogP contribution in [0.4, 0.5) is 5.69 Å². The van der Waals surface area contributed by atoms with Crippen molar-refractivity contribution < 1.29 is 14.3 Å². The average molecular weight is 402 g/mol. The highest BCUT2D eigenvalue weighted by molar-refractivity contribution is 6.10. The van der Waals surface area contributed by atoms with E-state index in [1.807, 2.05) is 57.2 Å². The molecule has 154 valence electrons. The lowest BCUT2D eigenvalue weighted by atomic mass is 10.1. The van der Waals surface area contributed by atoms with Gasteiger partial charge in [0, 0.05) is 5.54 Å². The van der Waals surface area contributed by atoms with Gasteiger partial charge in [-0.25, -0.2) is 0 Å². The standard InChI is InChI=1S/C25H26N2O3/c1-25(2,3)27-24(29)19-13-7-9-15-21(19)26-23(28)20-14-8-10-16-22(20)30-17-18-11-5-4-6-12-18/h4-16H,17H2,1-3H3,(H,26,28)(H,27,29). The summed E-state index contributed by atoms with van der Waals surface area (Å²) in [6.45, 7) is 6.08. The van der Waals surface area contributed by atoms with Gasteiger partial charge in [0.2, 0.25) is 0 Å². The molecule has 0 bridgehead atoms. The quantitative estimate of drug-likeness (QED) is 0.607. The number of ether oxygens (including phenoxy) is 1. The summed E-state index contributed by atoms with van der Waals surface area (Å²) in [4.78, 5) is 25.6. The zero-order chi connectivity index (χ0) is 21.6. The molecule has 0 fully saturated rings. The van der Waals surface area contributed by atoms with E-state index in [-0.39, 0.29) is 17.4 Å². The maximum Gasteiger partial charge on any atom is 0.259 e. The van der Waals surface area contributed by atoms with Crippen LogP contribution in [0.15, 0.2) is 78.9 Å². The van der Waals surface area contributed by atoms with Gasteiger partial charge in [0.1, 0.15) is 12.4 Å². The average Bonchev–Trinajstić information content (AvgIpc) is 2.72. The molecule has 30 heavy (non-hydrogen) atoms. The Morgan fingerprint density at radius 1 is 0.767 bits per heavy atom. The first kappa shape index (κ1) is 21.1. The van der Waals surface area contributed by atoms with E-state index in [9.17, 15) is 9.59 Å². The summed E-state index contributed by atoms with van der Waals surface area (Å²) >= 11 is 0. The number of carbonyl (C=O) groups excluding carboxylic acids is 2. The van der Waals surface area contributed by atoms with E-state index >= 15 is 0 Å². The van der Waals surface area contributed by atoms with E-state index in [0.29, 0.717) is 29.2 Å². The molecule has 0 unspecified atom stereocenters. The van der Waals surface area contributed by atoms with E-state index in [0.717, 1.165) is 5.56 Å². The van der Waals surface area contributed by atoms with Gasteiger partial charge >= 0.3 is 0 Å². The lowest BCUT2D eigenvalue weighted by molar-refractivity contribution is 0.0920. The third kappa shape index (κ3) is 5.70. The molecule has 3 aromatic carbocycles. The lowest BCUT2D eigenvalue weighted by Crippen LogP contribution is -2.40. The number of amides is 2. The van der Waals surface area contributed by atoms with E-state index < -0.39 is 0 Å². The van der Waals surface area contributed by atoms with Gasteiger partial charge < -0.3 is 15.4 Å². The van der Waals surface area contributed by atoms with Crippen molar-refractivity contribution in [1.82, 2.24) is 5.32 Å². The largest absolute Gasteiger partial charge is 0.488 e. The van der Waals surface area contributed by atoms with Crippen molar-refractivity contribution in [2.24, 2.45) is 0 Å². The van der Waals surface area contributed by atoms with E-state index in [2.05, 4.69) is 10.6 Å². The summed E-state index contributed by atoms with van der Waals surface area (Å²) in [6.07, 6.45) is 0. The van der Waals surface area contributed by atoms with Crippen LogP contribution in [0.5, 0.6) is 5.75 Å². The maximum atomic E-state index is 13.0. The fourth-order valence-electron chi connectivity index (χ4n) is 2.90. The molecular weight excluding hydrogens is 376 g/mol. The number of carbonyl (C=O) groups is 2. The molecule has 3 aromatic rings. The van der Waals surface area contributed by atoms with Crippen LogP contribution in [-0.2, 0) is 6.61 Å². The number of anilines is 1. The van der Waals surface area contributed by atoms with Crippen molar-refractivity contribution in [1.29, 1.82) is 0 Å². The Kier molecular flexibility index (Phi) is 6.52. The molecule has 0 spiro atoms. The molecule has 0 aromatic heterocycles. The SMILES string of the molecule is CC(C)(C)NC(=O)c1ccccc1NC(=O)c1ccccc1OCc1ccccc1. The Labute approximate surface area is 177 Å². The molecule has 5 heteroatoms. The monoisotopic (exact) mass is 402 g/mol. The van der Waals surface area contributed by atoms with E-state index in [4.69, 9.17) is 4.74 Å². The molecule has 0 heterocycles. The second-order valence-corrected chi connectivity index (χ2v) is 7.97. The normalized spacial score (nSPS) is 10.9. The maximum absolute atomic E-state index is 13.0. The minimum absolute atomic E-state index is 0.244. The minimum Gasteiger partial charge on any atom is -0.488 e. The van der Waals surface area contributed by atoms with Crippen LogP contribution in [-0.4, -0.2) is 17.4 Å². The molecule has 0 aliphatic rings. The molecule has 0 saturated carbocycles. The topological polar surface area (TPSA) is 67.4 Å². The molecule has 5 nitrogen and oxygen atoms in total. The van der Waals surface area contributed by atoms with Gasteiger partial charge in [0.15, 0.2) is 0 Å². The zero-order valence-corrected chi connectivity index (χ0v) is 17.4. The molecule has 0 saturated heterocycles. The van der Waals surface area contributed by atoms with Crippen LogP contribution < -0.4 is 15.4 Å². The van der Waals surface area contributed by atoms with Gasteiger partial charge in [-0.2, -0.15) is 0 Å². The van der Waals surface area contributed by atoms with Crippen LogP contribution in [0.25, 0.3) is 0 Å². The second-order valence-electron chi connectivity index (χ2n) is 7.97. The van der Waals surface area contributed by atoms with Gasteiger partial charge in [-0.1, -0.05) is 54.6 Å². The Morgan fingerprint density at radius 3 is 2.07 bits per heavy atom. The van der Waals surface area contributed by atoms with Crippen molar-refractivity contribution in [2.45, 2.75) is 32.9 Å². The van der Waals surface area contributed by atoms with Gasteiger partial charge in [-0.3, -0.25) is 9.59 Å². The van der Waals surface area contributed by atoms with Crippen LogP contribution in [0.1, 0.15) is 47.1 Å². The first-order valence-corrected chi connectivity index (χ1v) is 9.82. The number of nitrogens with one attached hydrogen (secondary N) is 2. The summed E-state index contributed by atoms with van der Waals surface area (Å²) < 4.78 is 5.89. The van der Waals surface area contributed by atoms with Gasteiger partial charge in [-0.05, 0) is 50.6 Å². The molecule has 0 atom stereocenters. The van der Waals surface area contributed by atoms with Crippen molar-refractivity contribution in [2.75, 3.05) is 5.32 Å². The zero-order valence-electron chi connectivity index (χ0n) is 17.4. The van der Waals surface area contributed by atoms with Crippen molar-refractivity contribution in [3.63, 3.8) is 0 Å². The summed E-state index contributed by atoms with van der Waals surface area (Å²) in [5.74, 6) is -0.0999. The summed E-state index contributed by atoms with van der Waals surface area (Å²) in [5, 5.41) is 5.78. The number of benzene rings is 3. The van der Waals surface area contributed by atoms with Crippen LogP contribution in [0.2, 0.25) is 0 Å². The highest BCUT2D eigenvalue weighted by Crippen LogP contribution is 2.23. The highest BCUT2D eigenvalue weighted by atomic mass is 16.5. The Morgan fingerprint density at radius 2 is 1.37 bits per heavy atom.